The summed E-state index contributed by atoms with van der Waals surface area (Å²) in [6.07, 6.45) is 1.27. The zero-order chi connectivity index (χ0) is 30.7. The highest BCUT2D eigenvalue weighted by molar-refractivity contribution is 5.85. The Balaban J connectivity index is 1.88. The second-order valence-electron chi connectivity index (χ2n) is 10.8. The first kappa shape index (κ1) is 33.4. The number of nitrogens with zero attached hydrogens (tertiary/aromatic N) is 1. The van der Waals surface area contributed by atoms with Crippen molar-refractivity contribution in [2.45, 2.75) is 82.9 Å². The van der Waals surface area contributed by atoms with E-state index in [2.05, 4.69) is 11.1 Å². The molecule has 3 atom stereocenters. The van der Waals surface area contributed by atoms with Crippen LogP contribution in [0, 0.1) is 11.6 Å². The van der Waals surface area contributed by atoms with Gasteiger partial charge in [0.25, 0.3) is 0 Å². The van der Waals surface area contributed by atoms with Crippen LogP contribution in [-0.2, 0) is 38.4 Å². The van der Waals surface area contributed by atoms with E-state index in [4.69, 9.17) is 14.2 Å². The Kier molecular flexibility index (Phi) is 12.7. The first-order chi connectivity index (χ1) is 20.1. The molecule has 1 fully saturated rings. The van der Waals surface area contributed by atoms with Gasteiger partial charge in [0.1, 0.15) is 29.8 Å². The van der Waals surface area contributed by atoms with Crippen molar-refractivity contribution in [1.82, 2.24) is 10.2 Å². The molecule has 42 heavy (non-hydrogen) atoms. The molecular formula is C31H44F2N3O6+. The lowest BCUT2D eigenvalue weighted by atomic mass is 9.97. The van der Waals surface area contributed by atoms with E-state index in [9.17, 15) is 23.5 Å². The van der Waals surface area contributed by atoms with Gasteiger partial charge < -0.3 is 35.3 Å². The number of carbonyl (C=O) groups is 2. The highest BCUT2D eigenvalue weighted by atomic mass is 19.1. The predicted molar refractivity (Wildman–Crippen MR) is 152 cm³/mol. The average molecular weight is 593 g/mol. The number of aliphatic hydroxyl groups excluding tert-OH is 1. The number of benzene rings is 2. The molecule has 0 aromatic heterocycles. The van der Waals surface area contributed by atoms with Crippen molar-refractivity contribution in [2.75, 3.05) is 26.9 Å². The summed E-state index contributed by atoms with van der Waals surface area (Å²) < 4.78 is 44.3. The van der Waals surface area contributed by atoms with Crippen LogP contribution in [0.1, 0.15) is 56.2 Å². The average Bonchev–Trinajstić information content (AvgIpc) is 3.42. The van der Waals surface area contributed by atoms with Gasteiger partial charge in [0, 0.05) is 31.9 Å². The number of methoxy groups -OCH3 is 1. The third kappa shape index (κ3) is 9.72. The molecule has 0 radical (unpaired) electrons. The molecule has 0 bridgehead atoms. The summed E-state index contributed by atoms with van der Waals surface area (Å²) in [6, 6.07) is 9.17. The van der Waals surface area contributed by atoms with Crippen molar-refractivity contribution < 1.29 is 43.4 Å². The van der Waals surface area contributed by atoms with Crippen LogP contribution >= 0.6 is 0 Å². The van der Waals surface area contributed by atoms with Crippen molar-refractivity contribution in [1.29, 1.82) is 0 Å². The van der Waals surface area contributed by atoms with Crippen molar-refractivity contribution >= 4 is 12.0 Å². The second-order valence-corrected chi connectivity index (χ2v) is 10.8. The SMILES string of the molecule is CCCCC1(C[C@@H](NC(=O)OC)C(=O)N(Cc2cccc(CC)c2)C[C@@H](O)[C@@H]([NH3+])Cc2cc(F)cc(F)c2)OCCO1. The lowest BCUT2D eigenvalue weighted by molar-refractivity contribution is -0.437. The molecule has 5 N–H and O–H groups in total. The topological polar surface area (TPSA) is 125 Å². The molecule has 232 valence electrons. The minimum atomic E-state index is -1.14. The number of ether oxygens (including phenoxy) is 3. The second kappa shape index (κ2) is 15.9. The van der Waals surface area contributed by atoms with Crippen LogP contribution < -0.4 is 11.1 Å². The van der Waals surface area contributed by atoms with Gasteiger partial charge in [-0.05, 0) is 41.7 Å². The fourth-order valence-corrected chi connectivity index (χ4v) is 5.18. The number of quaternary nitrogens is 1. The summed E-state index contributed by atoms with van der Waals surface area (Å²) >= 11 is 0. The zero-order valence-corrected chi connectivity index (χ0v) is 24.7. The van der Waals surface area contributed by atoms with E-state index < -0.39 is 47.6 Å². The molecule has 3 rings (SSSR count). The zero-order valence-electron chi connectivity index (χ0n) is 24.7. The molecule has 0 aliphatic carbocycles. The van der Waals surface area contributed by atoms with E-state index in [-0.39, 0.29) is 25.9 Å². The molecule has 0 unspecified atom stereocenters. The highest BCUT2D eigenvalue weighted by Gasteiger charge is 2.42. The van der Waals surface area contributed by atoms with Gasteiger partial charge in [0.2, 0.25) is 5.91 Å². The normalized spacial score (nSPS) is 16.5. The fourth-order valence-electron chi connectivity index (χ4n) is 5.18. The number of unbranched alkanes of at least 4 members (excludes halogenated alkanes) is 1. The van der Waals surface area contributed by atoms with Gasteiger partial charge in [-0.2, -0.15) is 0 Å². The van der Waals surface area contributed by atoms with E-state index in [0.29, 0.717) is 25.2 Å². The lowest BCUT2D eigenvalue weighted by Gasteiger charge is -2.35. The first-order valence-corrected chi connectivity index (χ1v) is 14.5. The minimum absolute atomic E-state index is 0.0545. The molecular weight excluding hydrogens is 548 g/mol. The van der Waals surface area contributed by atoms with E-state index in [1.165, 1.54) is 24.1 Å². The standard InChI is InChI=1S/C31H43F2N3O6/c1-4-6-10-31(41-11-12-42-31)18-27(35-30(39)40-3)29(38)36(19-22-9-7-8-21(5-2)13-22)20-28(37)26(34)16-23-14-24(32)17-25(33)15-23/h7-9,13-15,17,26-28,37H,4-6,10-12,16,18-20,34H2,1-3H3,(H,35,39)/p+1/t26-,27+,28+/m0/s1. The van der Waals surface area contributed by atoms with E-state index in [0.717, 1.165) is 36.5 Å². The van der Waals surface area contributed by atoms with Crippen LogP contribution in [0.2, 0.25) is 0 Å². The number of halogens is 2. The summed E-state index contributed by atoms with van der Waals surface area (Å²) in [7, 11) is 1.21. The number of aliphatic hydroxyl groups is 1. The summed E-state index contributed by atoms with van der Waals surface area (Å²) in [4.78, 5) is 28.0. The Morgan fingerprint density at radius 2 is 1.76 bits per heavy atom. The molecule has 9 nitrogen and oxygen atoms in total. The summed E-state index contributed by atoms with van der Waals surface area (Å²) in [5.74, 6) is -2.94. The molecule has 0 spiro atoms. The molecule has 1 heterocycles. The molecule has 2 aromatic rings. The molecule has 1 aliphatic rings. The van der Waals surface area contributed by atoms with Crippen LogP contribution in [0.3, 0.4) is 0 Å². The van der Waals surface area contributed by atoms with Crippen molar-refractivity contribution in [3.05, 3.63) is 70.8 Å². The Labute approximate surface area is 246 Å². The number of hydrogen-bond acceptors (Lipinski definition) is 6. The quantitative estimate of drug-likeness (QED) is 0.292. The van der Waals surface area contributed by atoms with Gasteiger partial charge in [0.15, 0.2) is 5.79 Å². The van der Waals surface area contributed by atoms with E-state index in [1.54, 1.807) is 0 Å². The Bertz CT molecular complexity index is 1160. The van der Waals surface area contributed by atoms with Gasteiger partial charge in [-0.1, -0.05) is 44.5 Å². The van der Waals surface area contributed by atoms with Crippen LogP contribution in [-0.4, -0.2) is 72.8 Å². The maximum Gasteiger partial charge on any atom is 0.407 e. The molecule has 2 aromatic carbocycles. The Morgan fingerprint density at radius 3 is 2.38 bits per heavy atom. The van der Waals surface area contributed by atoms with Crippen molar-refractivity contribution in [2.24, 2.45) is 0 Å². The van der Waals surface area contributed by atoms with E-state index in [1.807, 2.05) is 38.1 Å². The van der Waals surface area contributed by atoms with Crippen molar-refractivity contribution in [3.63, 3.8) is 0 Å². The Morgan fingerprint density at radius 1 is 1.10 bits per heavy atom. The smallest absolute Gasteiger partial charge is 0.407 e. The van der Waals surface area contributed by atoms with Gasteiger partial charge >= 0.3 is 6.09 Å². The predicted octanol–water partition coefficient (Wildman–Crippen LogP) is 3.12. The molecule has 11 heteroatoms. The molecule has 1 aliphatic heterocycles. The molecule has 2 amide bonds. The van der Waals surface area contributed by atoms with Gasteiger partial charge in [-0.25, -0.2) is 13.6 Å². The monoisotopic (exact) mass is 592 g/mol. The maximum absolute atomic E-state index is 14.2. The van der Waals surface area contributed by atoms with E-state index >= 15 is 0 Å². The van der Waals surface area contributed by atoms with Crippen LogP contribution in [0.4, 0.5) is 13.6 Å². The van der Waals surface area contributed by atoms with Gasteiger partial charge in [-0.15, -0.1) is 0 Å². The van der Waals surface area contributed by atoms with Gasteiger partial charge in [0.05, 0.1) is 26.9 Å². The minimum Gasteiger partial charge on any atom is -0.453 e. The van der Waals surface area contributed by atoms with Crippen molar-refractivity contribution in [3.8, 4) is 0 Å². The number of nitrogens with one attached hydrogen (secondary N) is 1. The number of carbonyl (C=O) groups excluding carboxylic acids is 2. The fraction of sp³-hybridized carbons (Fsp3) is 0.548. The summed E-state index contributed by atoms with van der Waals surface area (Å²) in [6.45, 7) is 4.83. The molecule has 1 saturated heterocycles. The Hall–Kier alpha value is -3.12. The van der Waals surface area contributed by atoms with Crippen LogP contribution in [0.25, 0.3) is 0 Å². The third-order valence-corrected chi connectivity index (χ3v) is 7.47. The number of amides is 2. The number of hydrogen-bond donors (Lipinski definition) is 3. The van der Waals surface area contributed by atoms with Crippen LogP contribution in [0.15, 0.2) is 42.5 Å². The number of alkyl carbamates (subject to hydrolysis) is 1. The van der Waals surface area contributed by atoms with Gasteiger partial charge in [-0.3, -0.25) is 4.79 Å². The molecule has 0 saturated carbocycles. The lowest BCUT2D eigenvalue weighted by Crippen LogP contribution is -2.69. The third-order valence-electron chi connectivity index (χ3n) is 7.47. The highest BCUT2D eigenvalue weighted by Crippen LogP contribution is 2.31. The maximum atomic E-state index is 14.2. The first-order valence-electron chi connectivity index (χ1n) is 14.5. The summed E-state index contributed by atoms with van der Waals surface area (Å²) in [5.41, 5.74) is 6.28. The largest absolute Gasteiger partial charge is 0.453 e. The number of aryl methyl sites for hydroxylation is 1. The number of rotatable bonds is 15. The van der Waals surface area contributed by atoms with Crippen LogP contribution in [0.5, 0.6) is 0 Å². The summed E-state index contributed by atoms with van der Waals surface area (Å²) in [5, 5.41) is 13.8.